The molecule has 0 aliphatic rings. The minimum absolute atomic E-state index is 0.417. The van der Waals surface area contributed by atoms with Gasteiger partial charge in [0.25, 0.3) is 0 Å². The number of carboxylic acid groups (broad SMARTS) is 1. The third kappa shape index (κ3) is 5.24. The van der Waals surface area contributed by atoms with Crippen molar-refractivity contribution in [2.75, 3.05) is 13.7 Å². The molecule has 1 unspecified atom stereocenters. The molecule has 2 aromatic rings. The summed E-state index contributed by atoms with van der Waals surface area (Å²) in [5, 5.41) is 9.69. The molecule has 4 nitrogen and oxygen atoms in total. The minimum Gasteiger partial charge on any atom is -0.496 e. The van der Waals surface area contributed by atoms with Crippen molar-refractivity contribution in [3.05, 3.63) is 59.2 Å². The van der Waals surface area contributed by atoms with Crippen molar-refractivity contribution in [1.29, 1.82) is 0 Å². The fraction of sp³-hybridized carbons (Fsp3) is 0.381. The van der Waals surface area contributed by atoms with Gasteiger partial charge < -0.3 is 14.6 Å². The van der Waals surface area contributed by atoms with Crippen molar-refractivity contribution in [3.8, 4) is 11.5 Å². The van der Waals surface area contributed by atoms with Gasteiger partial charge in [-0.05, 0) is 54.2 Å². The summed E-state index contributed by atoms with van der Waals surface area (Å²) < 4.78 is 11.0. The lowest BCUT2D eigenvalue weighted by Crippen LogP contribution is -2.15. The average molecular weight is 342 g/mol. The van der Waals surface area contributed by atoms with E-state index in [-0.39, 0.29) is 0 Å². The van der Waals surface area contributed by atoms with E-state index in [2.05, 4.69) is 13.8 Å². The highest BCUT2D eigenvalue weighted by Crippen LogP contribution is 2.27. The van der Waals surface area contributed by atoms with Crippen molar-refractivity contribution in [2.45, 2.75) is 33.1 Å². The van der Waals surface area contributed by atoms with E-state index in [1.54, 1.807) is 7.11 Å². The maximum Gasteiger partial charge on any atom is 0.311 e. The van der Waals surface area contributed by atoms with Crippen LogP contribution in [0.25, 0.3) is 0 Å². The fourth-order valence-electron chi connectivity index (χ4n) is 2.73. The number of carbonyl (C=O) groups is 1. The van der Waals surface area contributed by atoms with E-state index in [1.165, 1.54) is 0 Å². The van der Waals surface area contributed by atoms with Crippen LogP contribution in [0.15, 0.2) is 42.5 Å². The first-order valence-corrected chi connectivity index (χ1v) is 8.49. The molecule has 2 aromatic carbocycles. The number of ether oxygens (including phenoxy) is 2. The van der Waals surface area contributed by atoms with Crippen LogP contribution in [-0.2, 0) is 11.2 Å². The van der Waals surface area contributed by atoms with E-state index < -0.39 is 11.9 Å². The zero-order chi connectivity index (χ0) is 18.4. The van der Waals surface area contributed by atoms with Crippen LogP contribution >= 0.6 is 0 Å². The first-order valence-electron chi connectivity index (χ1n) is 8.49. The van der Waals surface area contributed by atoms with Gasteiger partial charge in [-0.3, -0.25) is 4.79 Å². The Hall–Kier alpha value is -2.49. The lowest BCUT2D eigenvalue weighted by molar-refractivity contribution is -0.138. The van der Waals surface area contributed by atoms with Gasteiger partial charge in [0, 0.05) is 0 Å². The highest BCUT2D eigenvalue weighted by molar-refractivity contribution is 5.76. The molecule has 0 aromatic heterocycles. The molecule has 0 heterocycles. The SMILES string of the molecule is COc1ccc(C(Cc2cccc(OCC(C)C)c2)C(=O)O)cc1C. The molecule has 0 aliphatic carbocycles. The second-order valence-corrected chi connectivity index (χ2v) is 6.68. The van der Waals surface area contributed by atoms with Gasteiger partial charge in [0.15, 0.2) is 0 Å². The fourth-order valence-corrected chi connectivity index (χ4v) is 2.73. The van der Waals surface area contributed by atoms with Crippen LogP contribution in [0.2, 0.25) is 0 Å². The van der Waals surface area contributed by atoms with Gasteiger partial charge in [-0.25, -0.2) is 0 Å². The average Bonchev–Trinajstić information content (AvgIpc) is 2.58. The van der Waals surface area contributed by atoms with Gasteiger partial charge in [0.2, 0.25) is 0 Å². The molecular weight excluding hydrogens is 316 g/mol. The molecule has 0 saturated heterocycles. The van der Waals surface area contributed by atoms with Gasteiger partial charge in [-0.15, -0.1) is 0 Å². The molecule has 0 radical (unpaired) electrons. The third-order valence-electron chi connectivity index (χ3n) is 4.04. The molecule has 0 amide bonds. The molecule has 134 valence electrons. The number of benzene rings is 2. The Labute approximate surface area is 149 Å². The summed E-state index contributed by atoms with van der Waals surface area (Å²) in [5.74, 6) is 0.541. The predicted molar refractivity (Wildman–Crippen MR) is 98.6 cm³/mol. The first-order chi connectivity index (χ1) is 11.9. The van der Waals surface area contributed by atoms with E-state index in [0.29, 0.717) is 18.9 Å². The van der Waals surface area contributed by atoms with Crippen molar-refractivity contribution < 1.29 is 19.4 Å². The quantitative estimate of drug-likeness (QED) is 0.770. The standard InChI is InChI=1S/C21H26O4/c1-14(2)13-25-18-7-5-6-16(11-18)12-19(21(22)23)17-8-9-20(24-4)15(3)10-17/h5-11,14,19H,12-13H2,1-4H3,(H,22,23). The van der Waals surface area contributed by atoms with Crippen LogP contribution < -0.4 is 9.47 Å². The summed E-state index contributed by atoms with van der Waals surface area (Å²) in [6.07, 6.45) is 0.417. The molecule has 0 bridgehead atoms. The Bertz CT molecular complexity index is 722. The number of rotatable bonds is 8. The van der Waals surface area contributed by atoms with Crippen molar-refractivity contribution in [1.82, 2.24) is 0 Å². The number of hydrogen-bond donors (Lipinski definition) is 1. The number of carboxylic acids is 1. The number of methoxy groups -OCH3 is 1. The van der Waals surface area contributed by atoms with E-state index in [1.807, 2.05) is 49.4 Å². The number of aryl methyl sites for hydroxylation is 1. The lowest BCUT2D eigenvalue weighted by atomic mass is 9.91. The van der Waals surface area contributed by atoms with Crippen LogP contribution in [-0.4, -0.2) is 24.8 Å². The molecular formula is C21H26O4. The summed E-state index contributed by atoms with van der Waals surface area (Å²) in [5.41, 5.74) is 2.65. The van der Waals surface area contributed by atoms with Crippen molar-refractivity contribution in [2.24, 2.45) is 5.92 Å². The summed E-state index contributed by atoms with van der Waals surface area (Å²) in [4.78, 5) is 11.8. The van der Waals surface area contributed by atoms with Gasteiger partial charge in [0.05, 0.1) is 19.6 Å². The largest absolute Gasteiger partial charge is 0.496 e. The van der Waals surface area contributed by atoms with Crippen LogP contribution in [0.5, 0.6) is 11.5 Å². The Morgan fingerprint density at radius 2 is 1.92 bits per heavy atom. The summed E-state index contributed by atoms with van der Waals surface area (Å²) in [6, 6.07) is 13.2. The topological polar surface area (TPSA) is 55.8 Å². The van der Waals surface area contributed by atoms with Gasteiger partial charge >= 0.3 is 5.97 Å². The Morgan fingerprint density at radius 1 is 1.16 bits per heavy atom. The third-order valence-corrected chi connectivity index (χ3v) is 4.04. The molecule has 4 heteroatoms. The van der Waals surface area contributed by atoms with E-state index in [9.17, 15) is 9.90 Å². The van der Waals surface area contributed by atoms with Gasteiger partial charge in [0.1, 0.15) is 11.5 Å². The van der Waals surface area contributed by atoms with E-state index in [0.717, 1.165) is 28.2 Å². The second-order valence-electron chi connectivity index (χ2n) is 6.68. The summed E-state index contributed by atoms with van der Waals surface area (Å²) in [6.45, 7) is 6.75. The van der Waals surface area contributed by atoms with E-state index >= 15 is 0 Å². The summed E-state index contributed by atoms with van der Waals surface area (Å²) in [7, 11) is 1.61. The first kappa shape index (κ1) is 18.8. The normalized spacial score (nSPS) is 12.0. The minimum atomic E-state index is -0.835. The van der Waals surface area contributed by atoms with Crippen LogP contribution in [0.4, 0.5) is 0 Å². The maximum absolute atomic E-state index is 11.8. The Morgan fingerprint density at radius 3 is 2.52 bits per heavy atom. The smallest absolute Gasteiger partial charge is 0.311 e. The monoisotopic (exact) mass is 342 g/mol. The predicted octanol–water partition coefficient (Wildman–Crippen LogP) is 4.45. The maximum atomic E-state index is 11.8. The molecule has 1 N–H and O–H groups in total. The molecule has 0 spiro atoms. The van der Waals surface area contributed by atoms with Gasteiger partial charge in [-0.2, -0.15) is 0 Å². The van der Waals surface area contributed by atoms with Crippen LogP contribution in [0.3, 0.4) is 0 Å². The lowest BCUT2D eigenvalue weighted by Gasteiger charge is -2.16. The molecule has 25 heavy (non-hydrogen) atoms. The van der Waals surface area contributed by atoms with Gasteiger partial charge in [-0.1, -0.05) is 38.1 Å². The van der Waals surface area contributed by atoms with Crippen LogP contribution in [0, 0.1) is 12.8 Å². The van der Waals surface area contributed by atoms with Crippen molar-refractivity contribution in [3.63, 3.8) is 0 Å². The highest BCUT2D eigenvalue weighted by Gasteiger charge is 2.21. The van der Waals surface area contributed by atoms with E-state index in [4.69, 9.17) is 9.47 Å². The molecule has 0 saturated carbocycles. The van der Waals surface area contributed by atoms with Crippen LogP contribution in [0.1, 0.15) is 36.5 Å². The highest BCUT2D eigenvalue weighted by atomic mass is 16.5. The second kappa shape index (κ2) is 8.56. The zero-order valence-electron chi connectivity index (χ0n) is 15.3. The summed E-state index contributed by atoms with van der Waals surface area (Å²) >= 11 is 0. The molecule has 0 fully saturated rings. The zero-order valence-corrected chi connectivity index (χ0v) is 15.3. The Balaban J connectivity index is 2.21. The number of aliphatic carboxylic acids is 1. The van der Waals surface area contributed by atoms with Crippen molar-refractivity contribution >= 4 is 5.97 Å². The molecule has 2 rings (SSSR count). The number of hydrogen-bond acceptors (Lipinski definition) is 3. The Kier molecular flexibility index (Phi) is 6.45. The molecule has 1 atom stereocenters. The molecule has 0 aliphatic heterocycles.